The molecule has 0 bridgehead atoms. The van der Waals surface area contributed by atoms with Crippen molar-refractivity contribution in [2.24, 2.45) is 5.41 Å². The lowest BCUT2D eigenvalue weighted by atomic mass is 9.74. The minimum Gasteiger partial charge on any atom is -0.0840 e. The Morgan fingerprint density at radius 3 is 2.31 bits per heavy atom. The van der Waals surface area contributed by atoms with E-state index in [1.165, 1.54) is 24.8 Å². The van der Waals surface area contributed by atoms with Crippen LogP contribution < -0.4 is 0 Å². The molecule has 0 spiro atoms. The maximum atomic E-state index is 6.30. The van der Waals surface area contributed by atoms with E-state index in [0.29, 0.717) is 5.92 Å². The molecule has 1 unspecified atom stereocenters. The molecule has 0 aliphatic heterocycles. The highest BCUT2D eigenvalue weighted by atomic mass is 35.5. The van der Waals surface area contributed by atoms with Crippen LogP contribution in [-0.4, -0.2) is 0 Å². The van der Waals surface area contributed by atoms with Crippen molar-refractivity contribution in [2.45, 2.75) is 52.9 Å². The molecule has 0 nitrogen and oxygen atoms in total. The second-order valence-corrected chi connectivity index (χ2v) is 5.99. The summed E-state index contributed by atoms with van der Waals surface area (Å²) in [4.78, 5) is 0. The minimum atomic E-state index is 0.278. The van der Waals surface area contributed by atoms with Crippen molar-refractivity contribution in [3.63, 3.8) is 0 Å². The first-order valence-corrected chi connectivity index (χ1v) is 6.59. The van der Waals surface area contributed by atoms with Crippen molar-refractivity contribution >= 4 is 11.6 Å². The van der Waals surface area contributed by atoms with Gasteiger partial charge in [0.25, 0.3) is 0 Å². The highest BCUT2D eigenvalue weighted by molar-refractivity contribution is 6.31. The number of rotatable bonds is 4. The van der Waals surface area contributed by atoms with Gasteiger partial charge in [-0.15, -0.1) is 0 Å². The summed E-state index contributed by atoms with van der Waals surface area (Å²) in [5.74, 6) is 0.557. The zero-order chi connectivity index (χ0) is 12.2. The molecule has 0 heterocycles. The average Bonchev–Trinajstić information content (AvgIpc) is 2.19. The standard InChI is InChI=1S/C15H23Cl/c1-5-6-10-13(15(2,3)4)12-9-7-8-11-14(12)16/h7-9,11,13H,5-6,10H2,1-4H3. The van der Waals surface area contributed by atoms with Crippen LogP contribution in [0.1, 0.15) is 58.4 Å². The molecular formula is C15H23Cl. The van der Waals surface area contributed by atoms with Crippen molar-refractivity contribution in [1.82, 2.24) is 0 Å². The first-order valence-electron chi connectivity index (χ1n) is 6.21. The zero-order valence-corrected chi connectivity index (χ0v) is 11.6. The minimum absolute atomic E-state index is 0.278. The highest BCUT2D eigenvalue weighted by Gasteiger charge is 2.26. The predicted octanol–water partition coefficient (Wildman–Crippen LogP) is 5.66. The fourth-order valence-electron chi connectivity index (χ4n) is 2.22. The summed E-state index contributed by atoms with van der Waals surface area (Å²) in [5.41, 5.74) is 1.59. The van der Waals surface area contributed by atoms with Crippen LogP contribution >= 0.6 is 11.6 Å². The summed E-state index contributed by atoms with van der Waals surface area (Å²) < 4.78 is 0. The predicted molar refractivity (Wildman–Crippen MR) is 73.2 cm³/mol. The van der Waals surface area contributed by atoms with Crippen LogP contribution in [-0.2, 0) is 0 Å². The summed E-state index contributed by atoms with van der Waals surface area (Å²) in [6, 6.07) is 8.27. The highest BCUT2D eigenvalue weighted by Crippen LogP contribution is 2.41. The fraction of sp³-hybridized carbons (Fsp3) is 0.600. The van der Waals surface area contributed by atoms with Crippen molar-refractivity contribution in [3.8, 4) is 0 Å². The summed E-state index contributed by atoms with van der Waals surface area (Å²) in [5, 5.41) is 0.915. The molecule has 0 aliphatic carbocycles. The van der Waals surface area contributed by atoms with E-state index >= 15 is 0 Å². The van der Waals surface area contributed by atoms with Gasteiger partial charge in [-0.1, -0.05) is 70.3 Å². The van der Waals surface area contributed by atoms with E-state index in [2.05, 4.69) is 39.8 Å². The molecular weight excluding hydrogens is 216 g/mol. The van der Waals surface area contributed by atoms with E-state index in [4.69, 9.17) is 11.6 Å². The van der Waals surface area contributed by atoms with Crippen molar-refractivity contribution in [1.29, 1.82) is 0 Å². The van der Waals surface area contributed by atoms with Crippen LogP contribution in [0.25, 0.3) is 0 Å². The van der Waals surface area contributed by atoms with Gasteiger partial charge in [0, 0.05) is 5.02 Å². The van der Waals surface area contributed by atoms with E-state index < -0.39 is 0 Å². The number of hydrogen-bond acceptors (Lipinski definition) is 0. The van der Waals surface area contributed by atoms with Gasteiger partial charge in [0.15, 0.2) is 0 Å². The molecule has 0 aromatic heterocycles. The summed E-state index contributed by atoms with van der Waals surface area (Å²) >= 11 is 6.30. The molecule has 0 radical (unpaired) electrons. The molecule has 0 amide bonds. The second kappa shape index (κ2) is 5.72. The third-order valence-electron chi connectivity index (χ3n) is 3.17. The van der Waals surface area contributed by atoms with Gasteiger partial charge >= 0.3 is 0 Å². The molecule has 0 aliphatic rings. The lowest BCUT2D eigenvalue weighted by Gasteiger charge is -2.32. The molecule has 90 valence electrons. The van der Waals surface area contributed by atoms with E-state index in [0.717, 1.165) is 5.02 Å². The molecule has 0 N–H and O–H groups in total. The summed E-state index contributed by atoms with van der Waals surface area (Å²) in [7, 11) is 0. The van der Waals surface area contributed by atoms with Crippen LogP contribution in [0.5, 0.6) is 0 Å². The van der Waals surface area contributed by atoms with Crippen LogP contribution in [0.15, 0.2) is 24.3 Å². The zero-order valence-electron chi connectivity index (χ0n) is 10.9. The molecule has 1 aromatic carbocycles. The van der Waals surface area contributed by atoms with Gasteiger partial charge < -0.3 is 0 Å². The molecule has 1 heteroatoms. The normalized spacial score (nSPS) is 13.8. The Morgan fingerprint density at radius 2 is 1.81 bits per heavy atom. The topological polar surface area (TPSA) is 0 Å². The monoisotopic (exact) mass is 238 g/mol. The Kier molecular flexibility index (Phi) is 4.86. The average molecular weight is 239 g/mol. The van der Waals surface area contributed by atoms with Crippen molar-refractivity contribution < 1.29 is 0 Å². The van der Waals surface area contributed by atoms with Gasteiger partial charge in [-0.3, -0.25) is 0 Å². The number of halogens is 1. The van der Waals surface area contributed by atoms with Gasteiger partial charge in [0.05, 0.1) is 0 Å². The molecule has 0 saturated heterocycles. The quantitative estimate of drug-likeness (QED) is 0.635. The Balaban J connectivity index is 2.97. The van der Waals surface area contributed by atoms with Crippen LogP contribution in [0.4, 0.5) is 0 Å². The lowest BCUT2D eigenvalue weighted by Crippen LogP contribution is -2.18. The van der Waals surface area contributed by atoms with Crippen LogP contribution in [0.3, 0.4) is 0 Å². The third kappa shape index (κ3) is 3.52. The van der Waals surface area contributed by atoms with E-state index in [9.17, 15) is 0 Å². The third-order valence-corrected chi connectivity index (χ3v) is 3.52. The smallest absolute Gasteiger partial charge is 0.0441 e. The van der Waals surface area contributed by atoms with Gasteiger partial charge in [0.1, 0.15) is 0 Å². The largest absolute Gasteiger partial charge is 0.0840 e. The molecule has 0 saturated carbocycles. The number of hydrogen-bond donors (Lipinski definition) is 0. The summed E-state index contributed by atoms with van der Waals surface area (Å²) in [6.07, 6.45) is 3.74. The Hall–Kier alpha value is -0.490. The molecule has 0 fully saturated rings. The Morgan fingerprint density at radius 1 is 1.19 bits per heavy atom. The first kappa shape index (κ1) is 13.6. The maximum Gasteiger partial charge on any atom is 0.0441 e. The lowest BCUT2D eigenvalue weighted by molar-refractivity contribution is 0.299. The van der Waals surface area contributed by atoms with E-state index in [-0.39, 0.29) is 5.41 Å². The van der Waals surface area contributed by atoms with E-state index in [1.807, 2.05) is 12.1 Å². The number of unbranched alkanes of at least 4 members (excludes halogenated alkanes) is 1. The van der Waals surface area contributed by atoms with Crippen molar-refractivity contribution in [2.75, 3.05) is 0 Å². The molecule has 1 aromatic rings. The van der Waals surface area contributed by atoms with Gasteiger partial charge in [-0.05, 0) is 29.4 Å². The summed E-state index contributed by atoms with van der Waals surface area (Å²) in [6.45, 7) is 9.15. The molecule has 1 atom stereocenters. The molecule has 1 rings (SSSR count). The second-order valence-electron chi connectivity index (χ2n) is 5.58. The van der Waals surface area contributed by atoms with Crippen molar-refractivity contribution in [3.05, 3.63) is 34.9 Å². The van der Waals surface area contributed by atoms with Crippen LogP contribution in [0, 0.1) is 5.41 Å². The SMILES string of the molecule is CCCCC(c1ccccc1Cl)C(C)(C)C. The first-order chi connectivity index (χ1) is 7.46. The maximum absolute atomic E-state index is 6.30. The fourth-order valence-corrected chi connectivity index (χ4v) is 2.49. The Bertz CT molecular complexity index is 322. The van der Waals surface area contributed by atoms with E-state index in [1.54, 1.807) is 0 Å². The number of benzene rings is 1. The molecule has 16 heavy (non-hydrogen) atoms. The Labute approximate surface area is 105 Å². The van der Waals surface area contributed by atoms with Gasteiger partial charge in [-0.25, -0.2) is 0 Å². The van der Waals surface area contributed by atoms with Gasteiger partial charge in [-0.2, -0.15) is 0 Å². The van der Waals surface area contributed by atoms with Crippen LogP contribution in [0.2, 0.25) is 5.02 Å². The van der Waals surface area contributed by atoms with Gasteiger partial charge in [0.2, 0.25) is 0 Å².